The molecule has 4 nitrogen and oxygen atoms in total. The molecule has 0 spiro atoms. The Morgan fingerprint density at radius 2 is 1.43 bits per heavy atom. The van der Waals surface area contributed by atoms with E-state index in [-0.39, 0.29) is 4.90 Å². The van der Waals surface area contributed by atoms with E-state index in [1.165, 1.54) is 19.2 Å². The average molecular weight is 306 g/mol. The summed E-state index contributed by atoms with van der Waals surface area (Å²) in [6.45, 7) is 5.59. The van der Waals surface area contributed by atoms with Crippen LogP contribution < -0.4 is 8.92 Å². The van der Waals surface area contributed by atoms with Gasteiger partial charge in [0.15, 0.2) is 0 Å². The lowest BCUT2D eigenvalue weighted by Crippen LogP contribution is -2.11. The molecule has 0 radical (unpaired) electrons. The predicted octanol–water partition coefficient (Wildman–Crippen LogP) is 3.39. The number of ether oxygens (including phenoxy) is 1. The van der Waals surface area contributed by atoms with E-state index in [0.717, 1.165) is 16.7 Å². The molecule has 0 atom stereocenters. The lowest BCUT2D eigenvalue weighted by molar-refractivity contribution is 0.414. The van der Waals surface area contributed by atoms with Crippen LogP contribution in [0.1, 0.15) is 16.7 Å². The summed E-state index contributed by atoms with van der Waals surface area (Å²) in [5.41, 5.74) is 2.60. The van der Waals surface area contributed by atoms with Gasteiger partial charge in [0.25, 0.3) is 0 Å². The number of benzene rings is 2. The zero-order chi connectivity index (χ0) is 15.6. The molecule has 2 aromatic rings. The van der Waals surface area contributed by atoms with Crippen LogP contribution >= 0.6 is 0 Å². The van der Waals surface area contributed by atoms with Crippen molar-refractivity contribution in [2.45, 2.75) is 25.7 Å². The zero-order valence-corrected chi connectivity index (χ0v) is 13.3. The molecule has 0 unspecified atom stereocenters. The number of rotatable bonds is 4. The molecule has 2 rings (SSSR count). The van der Waals surface area contributed by atoms with Crippen LogP contribution in [-0.4, -0.2) is 15.5 Å². The van der Waals surface area contributed by atoms with E-state index >= 15 is 0 Å². The van der Waals surface area contributed by atoms with Crippen LogP contribution in [0.25, 0.3) is 0 Å². The van der Waals surface area contributed by atoms with Crippen LogP contribution in [0.4, 0.5) is 0 Å². The van der Waals surface area contributed by atoms with Crippen molar-refractivity contribution in [1.29, 1.82) is 0 Å². The summed E-state index contributed by atoms with van der Waals surface area (Å²) in [6, 6.07) is 9.90. The van der Waals surface area contributed by atoms with Gasteiger partial charge in [0, 0.05) is 0 Å². The highest BCUT2D eigenvalue weighted by Gasteiger charge is 2.19. The van der Waals surface area contributed by atoms with Crippen LogP contribution in [-0.2, 0) is 10.1 Å². The van der Waals surface area contributed by atoms with Crippen molar-refractivity contribution in [3.63, 3.8) is 0 Å². The Kier molecular flexibility index (Phi) is 4.23. The van der Waals surface area contributed by atoms with E-state index in [2.05, 4.69) is 0 Å². The Balaban J connectivity index is 2.39. The average Bonchev–Trinajstić information content (AvgIpc) is 2.48. The maximum atomic E-state index is 12.4. The Labute approximate surface area is 125 Å². The molecule has 112 valence electrons. The minimum absolute atomic E-state index is 0.101. The highest BCUT2D eigenvalue weighted by molar-refractivity contribution is 7.87. The second-order valence-corrected chi connectivity index (χ2v) is 6.41. The second kappa shape index (κ2) is 5.77. The number of methoxy groups -OCH3 is 1. The molecule has 0 aliphatic rings. The normalized spacial score (nSPS) is 11.2. The van der Waals surface area contributed by atoms with Gasteiger partial charge in [-0.1, -0.05) is 12.1 Å². The van der Waals surface area contributed by atoms with E-state index in [0.29, 0.717) is 11.5 Å². The Morgan fingerprint density at radius 1 is 0.857 bits per heavy atom. The largest absolute Gasteiger partial charge is 0.497 e. The van der Waals surface area contributed by atoms with Gasteiger partial charge in [0.1, 0.15) is 16.4 Å². The minimum Gasteiger partial charge on any atom is -0.497 e. The molecule has 0 fully saturated rings. The van der Waals surface area contributed by atoms with Gasteiger partial charge in [0.05, 0.1) is 7.11 Å². The lowest BCUT2D eigenvalue weighted by Gasteiger charge is -2.13. The van der Waals surface area contributed by atoms with Crippen LogP contribution in [0.2, 0.25) is 0 Å². The molecular weight excluding hydrogens is 288 g/mol. The molecule has 0 bridgehead atoms. The summed E-state index contributed by atoms with van der Waals surface area (Å²) in [7, 11) is -2.33. The molecule has 0 N–H and O–H groups in total. The third kappa shape index (κ3) is 3.19. The summed E-state index contributed by atoms with van der Waals surface area (Å²) in [4.78, 5) is 0.101. The van der Waals surface area contributed by atoms with Crippen molar-refractivity contribution in [3.05, 3.63) is 53.1 Å². The van der Waals surface area contributed by atoms with Crippen molar-refractivity contribution >= 4 is 10.1 Å². The van der Waals surface area contributed by atoms with E-state index in [1.54, 1.807) is 12.1 Å². The topological polar surface area (TPSA) is 52.6 Å². The fraction of sp³-hybridized carbons (Fsp3) is 0.250. The summed E-state index contributed by atoms with van der Waals surface area (Å²) in [6.07, 6.45) is 0. The first-order chi connectivity index (χ1) is 9.85. The van der Waals surface area contributed by atoms with E-state index < -0.39 is 10.1 Å². The summed E-state index contributed by atoms with van der Waals surface area (Å²) >= 11 is 0. The Bertz CT molecular complexity index is 747. The van der Waals surface area contributed by atoms with E-state index in [1.807, 2.05) is 32.9 Å². The van der Waals surface area contributed by atoms with Gasteiger partial charge in [-0.3, -0.25) is 0 Å². The first-order valence-corrected chi connectivity index (χ1v) is 7.91. The van der Waals surface area contributed by atoms with Gasteiger partial charge >= 0.3 is 10.1 Å². The molecule has 0 aliphatic heterocycles. The molecular formula is C16H18O4S. The lowest BCUT2D eigenvalue weighted by atomic mass is 10.1. The zero-order valence-electron chi connectivity index (χ0n) is 12.5. The Morgan fingerprint density at radius 3 is 2.00 bits per heavy atom. The van der Waals surface area contributed by atoms with E-state index in [4.69, 9.17) is 8.92 Å². The molecule has 0 saturated carbocycles. The highest BCUT2D eigenvalue weighted by atomic mass is 32.2. The fourth-order valence-corrected chi connectivity index (χ4v) is 3.00. The smallest absolute Gasteiger partial charge is 0.339 e. The minimum atomic E-state index is -3.86. The molecule has 5 heteroatoms. The monoisotopic (exact) mass is 306 g/mol. The maximum Gasteiger partial charge on any atom is 0.339 e. The second-order valence-electron chi connectivity index (χ2n) is 4.87. The number of hydrogen-bond donors (Lipinski definition) is 0. The third-order valence-electron chi connectivity index (χ3n) is 3.41. The van der Waals surface area contributed by atoms with Crippen molar-refractivity contribution in [2.75, 3.05) is 7.11 Å². The van der Waals surface area contributed by atoms with Crippen molar-refractivity contribution < 1.29 is 17.3 Å². The van der Waals surface area contributed by atoms with Gasteiger partial charge < -0.3 is 8.92 Å². The summed E-state index contributed by atoms with van der Waals surface area (Å²) < 4.78 is 35.1. The molecule has 0 aliphatic carbocycles. The van der Waals surface area contributed by atoms with Gasteiger partial charge in [-0.2, -0.15) is 8.42 Å². The molecule has 0 amide bonds. The van der Waals surface area contributed by atoms with Gasteiger partial charge in [-0.05, 0) is 61.7 Å². The van der Waals surface area contributed by atoms with E-state index in [9.17, 15) is 8.42 Å². The van der Waals surface area contributed by atoms with Crippen LogP contribution in [0, 0.1) is 20.8 Å². The standard InChI is InChI=1S/C16H18O4S/c1-11-5-6-12(2)16(13(11)3)20-21(17,18)15-9-7-14(19-4)8-10-15/h5-10H,1-4H3. The summed E-state index contributed by atoms with van der Waals surface area (Å²) in [5, 5.41) is 0. The van der Waals surface area contributed by atoms with Gasteiger partial charge in [-0.25, -0.2) is 0 Å². The SMILES string of the molecule is COc1ccc(S(=O)(=O)Oc2c(C)ccc(C)c2C)cc1. The number of aryl methyl sites for hydroxylation is 2. The number of hydrogen-bond acceptors (Lipinski definition) is 4. The maximum absolute atomic E-state index is 12.4. The van der Waals surface area contributed by atoms with Gasteiger partial charge in [-0.15, -0.1) is 0 Å². The fourth-order valence-electron chi connectivity index (χ4n) is 1.95. The molecule has 21 heavy (non-hydrogen) atoms. The quantitative estimate of drug-likeness (QED) is 0.813. The molecule has 2 aromatic carbocycles. The van der Waals surface area contributed by atoms with Crippen molar-refractivity contribution in [1.82, 2.24) is 0 Å². The first-order valence-electron chi connectivity index (χ1n) is 6.50. The van der Waals surface area contributed by atoms with Crippen molar-refractivity contribution in [2.24, 2.45) is 0 Å². The highest BCUT2D eigenvalue weighted by Crippen LogP contribution is 2.29. The van der Waals surface area contributed by atoms with Crippen molar-refractivity contribution in [3.8, 4) is 11.5 Å². The summed E-state index contributed by atoms with van der Waals surface area (Å²) in [5.74, 6) is 0.989. The predicted molar refractivity (Wildman–Crippen MR) is 81.5 cm³/mol. The molecule has 0 saturated heterocycles. The van der Waals surface area contributed by atoms with Crippen LogP contribution in [0.15, 0.2) is 41.3 Å². The van der Waals surface area contributed by atoms with Crippen LogP contribution in [0.5, 0.6) is 11.5 Å². The molecule has 0 aromatic heterocycles. The third-order valence-corrected chi connectivity index (χ3v) is 4.65. The van der Waals surface area contributed by atoms with Gasteiger partial charge in [0.2, 0.25) is 0 Å². The Hall–Kier alpha value is -2.01. The first kappa shape index (κ1) is 15.4. The molecule has 0 heterocycles. The van der Waals surface area contributed by atoms with Crippen LogP contribution in [0.3, 0.4) is 0 Å².